The Balaban J connectivity index is 2.09. The molecule has 0 saturated carbocycles. The molecule has 1 aromatic heterocycles. The zero-order valence-corrected chi connectivity index (χ0v) is 10.4. The summed E-state index contributed by atoms with van der Waals surface area (Å²) in [6, 6.07) is 2.05. The van der Waals surface area contributed by atoms with Gasteiger partial charge in [-0.05, 0) is 43.7 Å². The second-order valence-electron chi connectivity index (χ2n) is 5.00. The first-order valence-electron chi connectivity index (χ1n) is 6.55. The van der Waals surface area contributed by atoms with Crippen molar-refractivity contribution >= 4 is 11.7 Å². The number of fused-ring (bicyclic) bond motifs is 1. The number of hydrogen-bond acceptors (Lipinski definition) is 4. The van der Waals surface area contributed by atoms with Gasteiger partial charge in [0, 0.05) is 18.8 Å². The zero-order valence-electron chi connectivity index (χ0n) is 10.4. The van der Waals surface area contributed by atoms with Gasteiger partial charge in [0.25, 0.3) is 0 Å². The van der Waals surface area contributed by atoms with Crippen LogP contribution in [-0.4, -0.2) is 29.1 Å². The number of amidine groups is 1. The highest BCUT2D eigenvalue weighted by Crippen LogP contribution is 2.29. The second kappa shape index (κ2) is 4.48. The molecule has 1 fully saturated rings. The zero-order chi connectivity index (χ0) is 12.5. The van der Waals surface area contributed by atoms with Gasteiger partial charge in [-0.25, -0.2) is 4.98 Å². The summed E-state index contributed by atoms with van der Waals surface area (Å²) in [5.41, 5.74) is 9.00. The molecule has 1 saturated heterocycles. The number of nitrogens with zero attached hydrogens (tertiary/aromatic N) is 3. The average molecular weight is 246 g/mol. The van der Waals surface area contributed by atoms with Crippen molar-refractivity contribution in [3.63, 3.8) is 0 Å². The van der Waals surface area contributed by atoms with Crippen molar-refractivity contribution in [2.45, 2.75) is 32.1 Å². The van der Waals surface area contributed by atoms with Gasteiger partial charge in [0.05, 0.1) is 5.56 Å². The van der Waals surface area contributed by atoms with Crippen LogP contribution in [0.4, 0.5) is 5.82 Å². The fourth-order valence-electron chi connectivity index (χ4n) is 2.87. The van der Waals surface area contributed by atoms with Gasteiger partial charge in [-0.3, -0.25) is 0 Å². The van der Waals surface area contributed by atoms with Gasteiger partial charge < -0.3 is 15.8 Å². The van der Waals surface area contributed by atoms with E-state index in [2.05, 4.69) is 16.1 Å². The number of aromatic nitrogens is 1. The molecule has 1 aliphatic heterocycles. The van der Waals surface area contributed by atoms with Gasteiger partial charge in [0.1, 0.15) is 5.82 Å². The van der Waals surface area contributed by atoms with E-state index in [4.69, 9.17) is 15.9 Å². The SMILES string of the molecule is NC(=NO)c1cc2c(nc1N1CCCC1)CCC2. The van der Waals surface area contributed by atoms with Crippen LogP contribution < -0.4 is 10.6 Å². The summed E-state index contributed by atoms with van der Waals surface area (Å²) < 4.78 is 0. The lowest BCUT2D eigenvalue weighted by atomic mass is 10.1. The Bertz CT molecular complexity index is 492. The second-order valence-corrected chi connectivity index (χ2v) is 5.00. The molecule has 1 aliphatic carbocycles. The molecular formula is C13H18N4O. The molecule has 96 valence electrons. The Hall–Kier alpha value is -1.78. The smallest absolute Gasteiger partial charge is 0.173 e. The van der Waals surface area contributed by atoms with E-state index in [0.29, 0.717) is 0 Å². The van der Waals surface area contributed by atoms with E-state index < -0.39 is 0 Å². The Kier molecular flexibility index (Phi) is 2.81. The number of aryl methyl sites for hydroxylation is 2. The maximum Gasteiger partial charge on any atom is 0.173 e. The molecule has 5 nitrogen and oxygen atoms in total. The fourth-order valence-corrected chi connectivity index (χ4v) is 2.87. The molecule has 3 N–H and O–H groups in total. The third kappa shape index (κ3) is 1.79. The van der Waals surface area contributed by atoms with E-state index >= 15 is 0 Å². The third-order valence-electron chi connectivity index (χ3n) is 3.82. The number of oxime groups is 1. The van der Waals surface area contributed by atoms with Crippen LogP contribution in [0.5, 0.6) is 0 Å². The number of rotatable bonds is 2. The molecule has 2 aliphatic rings. The van der Waals surface area contributed by atoms with Gasteiger partial charge in [-0.2, -0.15) is 0 Å². The van der Waals surface area contributed by atoms with Crippen LogP contribution in [0.2, 0.25) is 0 Å². The summed E-state index contributed by atoms with van der Waals surface area (Å²) in [5, 5.41) is 12.1. The molecule has 0 unspecified atom stereocenters. The predicted octanol–water partition coefficient (Wildman–Crippen LogP) is 1.26. The summed E-state index contributed by atoms with van der Waals surface area (Å²) in [4.78, 5) is 7.00. The topological polar surface area (TPSA) is 74.7 Å². The molecule has 2 heterocycles. The first kappa shape index (κ1) is 11.3. The molecule has 0 atom stereocenters. The average Bonchev–Trinajstić information content (AvgIpc) is 3.06. The third-order valence-corrected chi connectivity index (χ3v) is 3.82. The highest BCUT2D eigenvalue weighted by atomic mass is 16.4. The van der Waals surface area contributed by atoms with Crippen LogP contribution in [-0.2, 0) is 12.8 Å². The molecule has 1 aromatic rings. The van der Waals surface area contributed by atoms with Crippen molar-refractivity contribution in [2.24, 2.45) is 10.9 Å². The first-order chi connectivity index (χ1) is 8.79. The molecule has 0 spiro atoms. The molecule has 18 heavy (non-hydrogen) atoms. The van der Waals surface area contributed by atoms with Gasteiger partial charge in [-0.1, -0.05) is 5.16 Å². The van der Waals surface area contributed by atoms with Gasteiger partial charge >= 0.3 is 0 Å². The molecular weight excluding hydrogens is 228 g/mol. The van der Waals surface area contributed by atoms with Crippen molar-refractivity contribution in [2.75, 3.05) is 18.0 Å². The maximum atomic E-state index is 8.92. The Labute approximate surface area is 106 Å². The molecule has 0 amide bonds. The van der Waals surface area contributed by atoms with Crippen LogP contribution in [0, 0.1) is 0 Å². The number of hydrogen-bond donors (Lipinski definition) is 2. The maximum absolute atomic E-state index is 8.92. The Morgan fingerprint density at radius 2 is 2.06 bits per heavy atom. The van der Waals surface area contributed by atoms with E-state index in [-0.39, 0.29) is 5.84 Å². The molecule has 5 heteroatoms. The van der Waals surface area contributed by atoms with Crippen molar-refractivity contribution in [1.29, 1.82) is 0 Å². The lowest BCUT2D eigenvalue weighted by molar-refractivity contribution is 0.318. The summed E-state index contributed by atoms with van der Waals surface area (Å²) in [5.74, 6) is 1.06. The highest BCUT2D eigenvalue weighted by Gasteiger charge is 2.23. The minimum Gasteiger partial charge on any atom is -0.409 e. The minimum atomic E-state index is 0.166. The Morgan fingerprint density at radius 3 is 2.78 bits per heavy atom. The lowest BCUT2D eigenvalue weighted by Gasteiger charge is -2.20. The van der Waals surface area contributed by atoms with E-state index in [1.165, 1.54) is 24.1 Å². The first-order valence-corrected chi connectivity index (χ1v) is 6.55. The van der Waals surface area contributed by atoms with Crippen molar-refractivity contribution in [3.05, 3.63) is 22.9 Å². The van der Waals surface area contributed by atoms with Crippen LogP contribution in [0.3, 0.4) is 0 Å². The number of nitrogens with two attached hydrogens (primary N) is 1. The molecule has 0 radical (unpaired) electrons. The van der Waals surface area contributed by atoms with Gasteiger partial charge in [0.2, 0.25) is 0 Å². The molecule has 0 bridgehead atoms. The largest absolute Gasteiger partial charge is 0.409 e. The van der Waals surface area contributed by atoms with Crippen LogP contribution in [0.15, 0.2) is 11.2 Å². The summed E-state index contributed by atoms with van der Waals surface area (Å²) >= 11 is 0. The van der Waals surface area contributed by atoms with Crippen LogP contribution >= 0.6 is 0 Å². The summed E-state index contributed by atoms with van der Waals surface area (Å²) in [6.45, 7) is 2.02. The lowest BCUT2D eigenvalue weighted by Crippen LogP contribution is -2.25. The summed E-state index contributed by atoms with van der Waals surface area (Å²) in [6.07, 6.45) is 5.63. The standard InChI is InChI=1S/C13H18N4O/c14-12(16-18)10-8-9-4-3-5-11(9)15-13(10)17-6-1-2-7-17/h8,18H,1-7H2,(H2,14,16). The number of pyridine rings is 1. The summed E-state index contributed by atoms with van der Waals surface area (Å²) in [7, 11) is 0. The van der Waals surface area contributed by atoms with Crippen molar-refractivity contribution < 1.29 is 5.21 Å². The molecule has 3 rings (SSSR count). The van der Waals surface area contributed by atoms with Gasteiger partial charge in [-0.15, -0.1) is 0 Å². The van der Waals surface area contributed by atoms with E-state index in [0.717, 1.165) is 43.7 Å². The van der Waals surface area contributed by atoms with Crippen molar-refractivity contribution in [1.82, 2.24) is 4.98 Å². The van der Waals surface area contributed by atoms with E-state index in [9.17, 15) is 0 Å². The molecule has 0 aromatic carbocycles. The fraction of sp³-hybridized carbons (Fsp3) is 0.538. The monoisotopic (exact) mass is 246 g/mol. The minimum absolute atomic E-state index is 0.166. The van der Waals surface area contributed by atoms with Gasteiger partial charge in [0.15, 0.2) is 5.84 Å². The normalized spacial score (nSPS) is 19.3. The van der Waals surface area contributed by atoms with Crippen LogP contribution in [0.1, 0.15) is 36.1 Å². The predicted molar refractivity (Wildman–Crippen MR) is 70.2 cm³/mol. The Morgan fingerprint density at radius 1 is 1.28 bits per heavy atom. The van der Waals surface area contributed by atoms with Crippen molar-refractivity contribution in [3.8, 4) is 0 Å². The quantitative estimate of drug-likeness (QED) is 0.356. The van der Waals surface area contributed by atoms with E-state index in [1.54, 1.807) is 0 Å². The number of anilines is 1. The van der Waals surface area contributed by atoms with Crippen LogP contribution in [0.25, 0.3) is 0 Å². The van der Waals surface area contributed by atoms with E-state index in [1.807, 2.05) is 0 Å². The highest BCUT2D eigenvalue weighted by molar-refractivity contribution is 6.01.